The molecule has 4 rings (SSSR count). The van der Waals surface area contributed by atoms with Crippen LogP contribution in [0.2, 0.25) is 0 Å². The highest BCUT2D eigenvalue weighted by Crippen LogP contribution is 2.24. The first-order chi connectivity index (χ1) is 17.9. The molecule has 9 heteroatoms. The molecule has 0 radical (unpaired) electrons. The number of ether oxygens (including phenoxy) is 1. The Morgan fingerprint density at radius 1 is 0.946 bits per heavy atom. The van der Waals surface area contributed by atoms with E-state index >= 15 is 0 Å². The van der Waals surface area contributed by atoms with Crippen LogP contribution < -0.4 is 10.6 Å². The molecule has 0 saturated carbocycles. The molecular weight excluding hydrogens is 470 g/mol. The van der Waals surface area contributed by atoms with Gasteiger partial charge in [0, 0.05) is 54.1 Å². The Balaban J connectivity index is 1.43. The third-order valence-electron chi connectivity index (χ3n) is 5.23. The van der Waals surface area contributed by atoms with E-state index in [4.69, 9.17) is 4.74 Å². The van der Waals surface area contributed by atoms with E-state index in [-0.39, 0.29) is 5.91 Å². The van der Waals surface area contributed by atoms with Crippen LogP contribution in [0.1, 0.15) is 19.4 Å². The maximum Gasteiger partial charge on any atom is 0.331 e. The lowest BCUT2D eigenvalue weighted by Crippen LogP contribution is -2.29. The van der Waals surface area contributed by atoms with Gasteiger partial charge in [0.25, 0.3) is 5.91 Å². The highest BCUT2D eigenvalue weighted by molar-refractivity contribution is 5.97. The summed E-state index contributed by atoms with van der Waals surface area (Å²) in [6.07, 6.45) is 7.01. The van der Waals surface area contributed by atoms with E-state index in [0.29, 0.717) is 22.6 Å². The first-order valence-electron chi connectivity index (χ1n) is 11.5. The van der Waals surface area contributed by atoms with Gasteiger partial charge in [-0.1, -0.05) is 18.2 Å². The van der Waals surface area contributed by atoms with Gasteiger partial charge in [0.05, 0.1) is 5.69 Å². The summed E-state index contributed by atoms with van der Waals surface area (Å²) in [4.78, 5) is 40.3. The van der Waals surface area contributed by atoms with Gasteiger partial charge in [-0.15, -0.1) is 0 Å². The molecule has 2 heterocycles. The van der Waals surface area contributed by atoms with Gasteiger partial charge in [0.1, 0.15) is 5.69 Å². The van der Waals surface area contributed by atoms with E-state index in [1.165, 1.54) is 19.9 Å². The minimum Gasteiger partial charge on any atom is -0.449 e. The third kappa shape index (κ3) is 6.76. The van der Waals surface area contributed by atoms with Gasteiger partial charge in [0.2, 0.25) is 5.91 Å². The lowest BCUT2D eigenvalue weighted by molar-refractivity contribution is -0.148. The van der Waals surface area contributed by atoms with Crippen LogP contribution in [-0.2, 0) is 19.1 Å². The highest BCUT2D eigenvalue weighted by Gasteiger charge is 2.17. The third-order valence-corrected chi connectivity index (χ3v) is 5.23. The minimum absolute atomic E-state index is 0.189. The molecule has 0 aliphatic rings. The largest absolute Gasteiger partial charge is 0.449 e. The van der Waals surface area contributed by atoms with Crippen molar-refractivity contribution in [3.63, 3.8) is 0 Å². The van der Waals surface area contributed by atoms with Crippen molar-refractivity contribution in [1.29, 1.82) is 0 Å². The number of hydrogen-bond donors (Lipinski definition) is 2. The SMILES string of the molecule is CC(=O)Nc1ccc(NC(=O)[C@@H](C)OC(=O)/C=C/c2cn(-c3ccccc3)nc2-c2cccnc2)cc1. The smallest absolute Gasteiger partial charge is 0.331 e. The molecule has 0 aliphatic heterocycles. The van der Waals surface area contributed by atoms with Crippen LogP contribution in [0.3, 0.4) is 0 Å². The molecule has 2 N–H and O–H groups in total. The number of aromatic nitrogens is 3. The Bertz CT molecular complexity index is 1410. The van der Waals surface area contributed by atoms with Crippen molar-refractivity contribution in [3.05, 3.63) is 97.0 Å². The quantitative estimate of drug-likeness (QED) is 0.275. The van der Waals surface area contributed by atoms with Crippen LogP contribution in [0, 0.1) is 0 Å². The number of benzene rings is 2. The molecule has 4 aromatic rings. The number of esters is 1. The molecule has 0 spiro atoms. The number of anilines is 2. The molecule has 1 atom stereocenters. The van der Waals surface area contributed by atoms with E-state index in [1.807, 2.05) is 48.7 Å². The average Bonchev–Trinajstić information content (AvgIpc) is 3.34. The highest BCUT2D eigenvalue weighted by atomic mass is 16.5. The zero-order valence-corrected chi connectivity index (χ0v) is 20.3. The summed E-state index contributed by atoms with van der Waals surface area (Å²) in [6.45, 7) is 2.90. The topological polar surface area (TPSA) is 115 Å². The average molecular weight is 496 g/mol. The van der Waals surface area contributed by atoms with Crippen LogP contribution >= 0.6 is 0 Å². The molecule has 0 bridgehead atoms. The lowest BCUT2D eigenvalue weighted by Gasteiger charge is -2.12. The molecule has 2 aromatic heterocycles. The molecule has 37 heavy (non-hydrogen) atoms. The van der Waals surface area contributed by atoms with Gasteiger partial charge in [-0.05, 0) is 61.5 Å². The fraction of sp³-hybridized carbons (Fsp3) is 0.107. The number of para-hydroxylation sites is 1. The van der Waals surface area contributed by atoms with Crippen LogP contribution in [0.5, 0.6) is 0 Å². The second-order valence-electron chi connectivity index (χ2n) is 8.12. The second kappa shape index (κ2) is 11.6. The van der Waals surface area contributed by atoms with E-state index in [1.54, 1.807) is 47.4 Å². The van der Waals surface area contributed by atoms with Crippen molar-refractivity contribution >= 4 is 35.2 Å². The number of rotatable bonds is 8. The van der Waals surface area contributed by atoms with Gasteiger partial charge in [0.15, 0.2) is 6.10 Å². The fourth-order valence-corrected chi connectivity index (χ4v) is 3.46. The summed E-state index contributed by atoms with van der Waals surface area (Å²) in [6, 6.07) is 19.9. The first kappa shape index (κ1) is 25.1. The number of carbonyl (C=O) groups is 3. The predicted molar refractivity (Wildman–Crippen MR) is 141 cm³/mol. The van der Waals surface area contributed by atoms with Crippen LogP contribution in [0.15, 0.2) is 91.4 Å². The second-order valence-corrected chi connectivity index (χ2v) is 8.12. The van der Waals surface area contributed by atoms with E-state index in [2.05, 4.69) is 20.7 Å². The summed E-state index contributed by atoms with van der Waals surface area (Å²) < 4.78 is 7.01. The van der Waals surface area contributed by atoms with Crippen LogP contribution in [0.25, 0.3) is 23.0 Å². The summed E-state index contributed by atoms with van der Waals surface area (Å²) in [5.41, 5.74) is 4.11. The summed E-state index contributed by atoms with van der Waals surface area (Å²) >= 11 is 0. The van der Waals surface area contributed by atoms with Gasteiger partial charge in [-0.2, -0.15) is 5.10 Å². The Hall–Kier alpha value is -5.05. The number of pyridine rings is 1. The van der Waals surface area contributed by atoms with E-state index < -0.39 is 18.0 Å². The molecule has 9 nitrogen and oxygen atoms in total. The van der Waals surface area contributed by atoms with Gasteiger partial charge in [-0.3, -0.25) is 14.6 Å². The Morgan fingerprint density at radius 2 is 1.65 bits per heavy atom. The minimum atomic E-state index is -1.03. The number of hydrogen-bond acceptors (Lipinski definition) is 6. The molecule has 186 valence electrons. The van der Waals surface area contributed by atoms with Gasteiger partial charge < -0.3 is 15.4 Å². The summed E-state index contributed by atoms with van der Waals surface area (Å²) in [5, 5.41) is 10.0. The Labute approximate surface area is 213 Å². The summed E-state index contributed by atoms with van der Waals surface area (Å²) in [7, 11) is 0. The molecule has 0 saturated heterocycles. The van der Waals surface area contributed by atoms with Crippen LogP contribution in [-0.4, -0.2) is 38.7 Å². The molecule has 0 fully saturated rings. The normalized spacial score (nSPS) is 11.6. The number of amides is 2. The van der Waals surface area contributed by atoms with Gasteiger partial charge in [-0.25, -0.2) is 9.48 Å². The zero-order chi connectivity index (χ0) is 26.2. The van der Waals surface area contributed by atoms with E-state index in [0.717, 1.165) is 11.3 Å². The van der Waals surface area contributed by atoms with E-state index in [9.17, 15) is 14.4 Å². The maximum absolute atomic E-state index is 12.5. The molecular formula is C28H25N5O4. The number of nitrogens with one attached hydrogen (secondary N) is 2. The van der Waals surface area contributed by atoms with Crippen molar-refractivity contribution in [2.24, 2.45) is 0 Å². The first-order valence-corrected chi connectivity index (χ1v) is 11.5. The number of nitrogens with zero attached hydrogens (tertiary/aromatic N) is 3. The van der Waals surface area contributed by atoms with Crippen LogP contribution in [0.4, 0.5) is 11.4 Å². The number of carbonyl (C=O) groups excluding carboxylic acids is 3. The fourth-order valence-electron chi connectivity index (χ4n) is 3.46. The maximum atomic E-state index is 12.5. The molecule has 2 amide bonds. The monoisotopic (exact) mass is 495 g/mol. The van der Waals surface area contributed by atoms with Crippen molar-refractivity contribution in [3.8, 4) is 16.9 Å². The Kier molecular flexibility index (Phi) is 7.85. The standard InChI is InChI=1S/C28H25N5O4/c1-19(28(36)31-24-13-11-23(12-14-24)30-20(2)34)37-26(35)15-10-22-18-33(25-8-4-3-5-9-25)32-27(22)21-7-6-16-29-17-21/h3-19H,1-2H3,(H,30,34)(H,31,36)/b15-10+/t19-/m1/s1. The zero-order valence-electron chi connectivity index (χ0n) is 20.3. The molecule has 0 aliphatic carbocycles. The van der Waals surface area contributed by atoms with Crippen molar-refractivity contribution in [2.75, 3.05) is 10.6 Å². The predicted octanol–water partition coefficient (Wildman–Crippen LogP) is 4.48. The van der Waals surface area contributed by atoms with Crippen molar-refractivity contribution < 1.29 is 19.1 Å². The molecule has 2 aromatic carbocycles. The van der Waals surface area contributed by atoms with Gasteiger partial charge >= 0.3 is 5.97 Å². The lowest BCUT2D eigenvalue weighted by atomic mass is 10.1. The summed E-state index contributed by atoms with van der Waals surface area (Å²) in [5.74, 6) is -1.35. The Morgan fingerprint density at radius 3 is 2.30 bits per heavy atom. The molecule has 0 unspecified atom stereocenters. The van der Waals surface area contributed by atoms with Crippen molar-refractivity contribution in [1.82, 2.24) is 14.8 Å². The van der Waals surface area contributed by atoms with Crippen molar-refractivity contribution in [2.45, 2.75) is 20.0 Å².